The van der Waals surface area contributed by atoms with Gasteiger partial charge in [0.1, 0.15) is 30.0 Å². The fourth-order valence-corrected chi connectivity index (χ4v) is 9.41. The van der Waals surface area contributed by atoms with Gasteiger partial charge in [0.15, 0.2) is 5.82 Å². The van der Waals surface area contributed by atoms with E-state index in [9.17, 15) is 9.59 Å². The topological polar surface area (TPSA) is 117 Å². The predicted octanol–water partition coefficient (Wildman–Crippen LogP) is 8.41. The average molecular weight is 820 g/mol. The molecule has 2 saturated heterocycles. The molecule has 62 heavy (non-hydrogen) atoms. The van der Waals surface area contributed by atoms with Crippen LogP contribution in [0.3, 0.4) is 0 Å². The quantitative estimate of drug-likeness (QED) is 0.0885. The Morgan fingerprint density at radius 3 is 2.02 bits per heavy atom. The van der Waals surface area contributed by atoms with E-state index in [1.54, 1.807) is 9.63 Å². The number of aryl methyl sites for hydroxylation is 1. The molecule has 8 aromatic rings. The van der Waals surface area contributed by atoms with E-state index in [0.29, 0.717) is 29.7 Å². The van der Waals surface area contributed by atoms with Crippen molar-refractivity contribution in [3.8, 4) is 22.5 Å². The van der Waals surface area contributed by atoms with Crippen LogP contribution in [0.4, 0.5) is 0 Å². The molecule has 11 heteroatoms. The maximum absolute atomic E-state index is 14.5. The Labute approximate surface area is 359 Å². The van der Waals surface area contributed by atoms with Gasteiger partial charge in [0.2, 0.25) is 0 Å². The lowest BCUT2D eigenvalue weighted by Gasteiger charge is -2.36. The number of benzene rings is 6. The van der Waals surface area contributed by atoms with E-state index in [4.69, 9.17) is 24.9 Å². The third-order valence-corrected chi connectivity index (χ3v) is 12.4. The largest absolute Gasteiger partial charge is 0.462 e. The highest BCUT2D eigenvalue weighted by molar-refractivity contribution is 5.82. The van der Waals surface area contributed by atoms with Crippen LogP contribution in [-0.2, 0) is 32.9 Å². The molecule has 0 bridgehead atoms. The normalized spacial score (nSPS) is 17.6. The van der Waals surface area contributed by atoms with Crippen LogP contribution >= 0.6 is 0 Å². The van der Waals surface area contributed by atoms with E-state index >= 15 is 0 Å². The highest BCUT2D eigenvalue weighted by atomic mass is 16.7. The maximum atomic E-state index is 14.5. The van der Waals surface area contributed by atoms with Crippen molar-refractivity contribution < 1.29 is 14.4 Å². The number of hydrogen-bond donors (Lipinski definition) is 0. The van der Waals surface area contributed by atoms with E-state index in [-0.39, 0.29) is 30.3 Å². The number of carbonyl (C=O) groups excluding carboxylic acids is 1. The Hall–Kier alpha value is -7.08. The zero-order valence-electron chi connectivity index (χ0n) is 34.5. The Balaban J connectivity index is 1.03. The molecule has 0 radical (unpaired) electrons. The highest BCUT2D eigenvalue weighted by Crippen LogP contribution is 2.44. The summed E-state index contributed by atoms with van der Waals surface area (Å²) in [5, 5.41) is 16.1. The molecular formula is C51H45N7O4. The van der Waals surface area contributed by atoms with Crippen LogP contribution in [0.2, 0.25) is 0 Å². The Kier molecular flexibility index (Phi) is 10.3. The summed E-state index contributed by atoms with van der Waals surface area (Å²) in [6.45, 7) is 2.72. The molecule has 0 unspecified atom stereocenters. The number of carbonyl (C=O) groups is 1. The van der Waals surface area contributed by atoms with Gasteiger partial charge in [-0.25, -0.2) is 9.67 Å². The Bertz CT molecular complexity index is 2840. The second-order valence-electron chi connectivity index (χ2n) is 16.1. The summed E-state index contributed by atoms with van der Waals surface area (Å²) in [5.41, 5.74) is 7.29. The average Bonchev–Trinajstić information content (AvgIpc) is 4.04. The van der Waals surface area contributed by atoms with Crippen LogP contribution in [0.5, 0.6) is 0 Å². The van der Waals surface area contributed by atoms with Gasteiger partial charge in [-0.3, -0.25) is 19.0 Å². The van der Waals surface area contributed by atoms with Crippen molar-refractivity contribution in [2.24, 2.45) is 5.92 Å². The first kappa shape index (κ1) is 39.1. The van der Waals surface area contributed by atoms with Crippen molar-refractivity contribution in [3.05, 3.63) is 202 Å². The fourth-order valence-electron chi connectivity index (χ4n) is 9.41. The van der Waals surface area contributed by atoms with Crippen LogP contribution in [0.15, 0.2) is 163 Å². The zero-order chi connectivity index (χ0) is 42.2. The molecule has 308 valence electrons. The number of cyclic esters (lactones) is 1. The summed E-state index contributed by atoms with van der Waals surface area (Å²) in [7, 11) is 1.82. The predicted molar refractivity (Wildman–Crippen MR) is 237 cm³/mol. The van der Waals surface area contributed by atoms with E-state index in [1.807, 2.05) is 60.3 Å². The number of nitrogens with zero attached hydrogens (tertiary/aromatic N) is 7. The summed E-state index contributed by atoms with van der Waals surface area (Å²) >= 11 is 0. The Morgan fingerprint density at radius 1 is 0.742 bits per heavy atom. The first-order chi connectivity index (χ1) is 30.4. The van der Waals surface area contributed by atoms with Crippen molar-refractivity contribution in [3.63, 3.8) is 0 Å². The van der Waals surface area contributed by atoms with Crippen LogP contribution in [-0.4, -0.2) is 60.5 Å². The monoisotopic (exact) mass is 819 g/mol. The van der Waals surface area contributed by atoms with Gasteiger partial charge in [0.05, 0.1) is 23.5 Å². The lowest BCUT2D eigenvalue weighted by atomic mass is 9.77. The fraction of sp³-hybridized carbons (Fsp3) is 0.216. The number of fused-ring (bicyclic) bond motifs is 2. The molecule has 2 fully saturated rings. The van der Waals surface area contributed by atoms with Crippen LogP contribution in [0, 0.1) is 5.92 Å². The molecule has 10 rings (SSSR count). The number of hydrogen-bond acceptors (Lipinski definition) is 9. The molecule has 0 saturated carbocycles. The second kappa shape index (κ2) is 16.4. The molecule has 3 atom stereocenters. The number of hydroxylamine groups is 2. The molecule has 0 N–H and O–H groups in total. The standard InChI is InChI=1S/C51H45N7O4/c1-3-4-24-45-52-43-30-29-36(47-46-44(62-56(47)2)33-61-50(46)60)31-42(43)49(59)57(45)32-34-25-27-35(28-26-34)40-22-14-15-23-41(40)48-53-54-55-58(48)51(37-16-8-5-9-17-37,38-18-10-6-11-19-38)39-20-12-7-13-21-39/h5-23,25-31,44,46-47H,3-4,24,32-33H2,1-2H3/t44-,46+,47-/m0/s1. The molecule has 6 aromatic carbocycles. The molecule has 4 heterocycles. The molecule has 0 aliphatic carbocycles. The van der Waals surface area contributed by atoms with Gasteiger partial charge < -0.3 is 4.74 Å². The van der Waals surface area contributed by atoms with Gasteiger partial charge >= 0.3 is 5.97 Å². The smallest absolute Gasteiger partial charge is 0.313 e. The zero-order valence-corrected chi connectivity index (χ0v) is 34.5. The van der Waals surface area contributed by atoms with Crippen molar-refractivity contribution in [1.82, 2.24) is 34.8 Å². The van der Waals surface area contributed by atoms with Gasteiger partial charge in [-0.15, -0.1) is 5.10 Å². The molecule has 11 nitrogen and oxygen atoms in total. The minimum Gasteiger partial charge on any atom is -0.462 e. The first-order valence-electron chi connectivity index (χ1n) is 21.2. The van der Waals surface area contributed by atoms with Gasteiger partial charge in [-0.05, 0) is 67.9 Å². The third kappa shape index (κ3) is 6.70. The van der Waals surface area contributed by atoms with E-state index in [2.05, 4.69) is 121 Å². The number of ether oxygens (including phenoxy) is 1. The lowest BCUT2D eigenvalue weighted by molar-refractivity contribution is -0.161. The van der Waals surface area contributed by atoms with Crippen molar-refractivity contribution in [2.75, 3.05) is 13.7 Å². The van der Waals surface area contributed by atoms with Crippen LogP contribution in [0.1, 0.15) is 59.4 Å². The Morgan fingerprint density at radius 2 is 1.37 bits per heavy atom. The van der Waals surface area contributed by atoms with Crippen LogP contribution in [0.25, 0.3) is 33.4 Å². The minimum absolute atomic E-state index is 0.116. The molecule has 0 amide bonds. The summed E-state index contributed by atoms with van der Waals surface area (Å²) in [5.74, 6) is 0.634. The second-order valence-corrected chi connectivity index (χ2v) is 16.1. The molecule has 2 aliphatic rings. The van der Waals surface area contributed by atoms with Crippen molar-refractivity contribution >= 4 is 16.9 Å². The van der Waals surface area contributed by atoms with E-state index in [0.717, 1.165) is 63.2 Å². The molecule has 2 aliphatic heterocycles. The van der Waals surface area contributed by atoms with E-state index in [1.165, 1.54) is 0 Å². The highest BCUT2D eigenvalue weighted by Gasteiger charge is 2.52. The molecule has 0 spiro atoms. The van der Waals surface area contributed by atoms with E-state index < -0.39 is 11.5 Å². The first-order valence-corrected chi connectivity index (χ1v) is 21.2. The number of unbranched alkanes of at least 4 members (excludes halogenated alkanes) is 1. The summed E-state index contributed by atoms with van der Waals surface area (Å²) in [6, 6.07) is 53.0. The molecule has 2 aromatic heterocycles. The number of aromatic nitrogens is 6. The summed E-state index contributed by atoms with van der Waals surface area (Å²) < 4.78 is 9.08. The number of rotatable bonds is 12. The summed E-state index contributed by atoms with van der Waals surface area (Å²) in [4.78, 5) is 38.2. The lowest BCUT2D eigenvalue weighted by Crippen LogP contribution is -2.39. The van der Waals surface area contributed by atoms with Gasteiger partial charge in [0.25, 0.3) is 5.56 Å². The van der Waals surface area contributed by atoms with Gasteiger partial charge in [-0.2, -0.15) is 5.06 Å². The minimum atomic E-state index is -0.900. The van der Waals surface area contributed by atoms with Gasteiger partial charge in [0, 0.05) is 19.0 Å². The summed E-state index contributed by atoms with van der Waals surface area (Å²) in [6.07, 6.45) is 2.21. The number of tetrazole rings is 1. The van der Waals surface area contributed by atoms with Crippen molar-refractivity contribution in [1.29, 1.82) is 0 Å². The third-order valence-electron chi connectivity index (χ3n) is 12.4. The maximum Gasteiger partial charge on any atom is 0.313 e. The molecular weight excluding hydrogens is 775 g/mol. The van der Waals surface area contributed by atoms with Crippen molar-refractivity contribution in [2.45, 2.75) is 50.4 Å². The SMILES string of the molecule is CCCCc1nc2ccc([C@H]3[C@@H]4C(=O)OC[C@@H]4ON3C)cc2c(=O)n1Cc1ccc(-c2ccccc2-c2nnnn2C(c2ccccc2)(c2ccccc2)c2ccccc2)cc1. The number of esters is 1. The van der Waals surface area contributed by atoms with Gasteiger partial charge in [-0.1, -0.05) is 159 Å². The van der Waals surface area contributed by atoms with Crippen LogP contribution < -0.4 is 5.56 Å².